The molecule has 2 aromatic carbocycles. The minimum absolute atomic E-state index is 0.203. The number of fused-ring (bicyclic) bond motifs is 1. The summed E-state index contributed by atoms with van der Waals surface area (Å²) in [5, 5.41) is 0. The summed E-state index contributed by atoms with van der Waals surface area (Å²) in [6.07, 6.45) is 0.750. The molecule has 0 radical (unpaired) electrons. The minimum Gasteiger partial charge on any atom is -0.490 e. The Hall–Kier alpha value is -1.37. The maximum absolute atomic E-state index is 13.5. The maximum atomic E-state index is 13.5. The molecular formula is C20H24BrNO3S. The molecule has 1 heterocycles. The van der Waals surface area contributed by atoms with Crippen LogP contribution >= 0.6 is 15.9 Å². The molecule has 0 unspecified atom stereocenters. The summed E-state index contributed by atoms with van der Waals surface area (Å²) in [4.78, 5) is 0.237. The van der Waals surface area contributed by atoms with Crippen molar-refractivity contribution in [3.8, 4) is 5.75 Å². The van der Waals surface area contributed by atoms with Crippen LogP contribution in [0.3, 0.4) is 0 Å². The quantitative estimate of drug-likeness (QED) is 0.692. The van der Waals surface area contributed by atoms with E-state index >= 15 is 0 Å². The summed E-state index contributed by atoms with van der Waals surface area (Å²) in [6, 6.07) is 12.8. The average Bonchev–Trinajstić information content (AvgIpc) is 2.66. The Morgan fingerprint density at radius 1 is 1.23 bits per heavy atom. The van der Waals surface area contributed by atoms with Crippen LogP contribution in [0.15, 0.2) is 51.8 Å². The van der Waals surface area contributed by atoms with Crippen LogP contribution in [-0.4, -0.2) is 25.4 Å². The third-order valence-corrected chi connectivity index (χ3v) is 7.09. The number of hydrogen-bond donors (Lipinski definition) is 0. The van der Waals surface area contributed by atoms with Gasteiger partial charge in [-0.3, -0.25) is 0 Å². The molecule has 2 aromatic rings. The molecular weight excluding hydrogens is 414 g/mol. The SMILES string of the molecule is Cc1ccccc1CN1[C@@H](CC(C)C)COc2cc(Br)ccc2S1(=O)=O. The Bertz CT molecular complexity index is 896. The molecule has 6 heteroatoms. The molecule has 0 spiro atoms. The van der Waals surface area contributed by atoms with Crippen molar-refractivity contribution in [3.63, 3.8) is 0 Å². The van der Waals surface area contributed by atoms with Gasteiger partial charge < -0.3 is 4.74 Å². The van der Waals surface area contributed by atoms with Gasteiger partial charge in [-0.2, -0.15) is 4.31 Å². The molecule has 0 N–H and O–H groups in total. The van der Waals surface area contributed by atoms with Crippen molar-refractivity contribution in [2.24, 2.45) is 5.92 Å². The zero-order valence-electron chi connectivity index (χ0n) is 15.3. The molecule has 1 aliphatic rings. The van der Waals surface area contributed by atoms with Crippen LogP contribution in [0.4, 0.5) is 0 Å². The first kappa shape index (κ1) is 19.4. The van der Waals surface area contributed by atoms with E-state index in [4.69, 9.17) is 4.74 Å². The molecule has 1 aliphatic heterocycles. The predicted molar refractivity (Wildman–Crippen MR) is 107 cm³/mol. The van der Waals surface area contributed by atoms with Gasteiger partial charge in [0.1, 0.15) is 17.3 Å². The molecule has 1 atom stereocenters. The van der Waals surface area contributed by atoms with Gasteiger partial charge in [0.25, 0.3) is 0 Å². The number of rotatable bonds is 4. The van der Waals surface area contributed by atoms with E-state index in [9.17, 15) is 8.42 Å². The first-order valence-electron chi connectivity index (χ1n) is 8.77. The van der Waals surface area contributed by atoms with Crippen molar-refractivity contribution in [2.75, 3.05) is 6.61 Å². The lowest BCUT2D eigenvalue weighted by Crippen LogP contribution is -2.42. The van der Waals surface area contributed by atoms with E-state index in [1.165, 1.54) is 0 Å². The molecule has 3 rings (SSSR count). The second-order valence-electron chi connectivity index (χ2n) is 7.16. The highest BCUT2D eigenvalue weighted by Gasteiger charge is 2.37. The Balaban J connectivity index is 2.08. The van der Waals surface area contributed by atoms with Gasteiger partial charge in [-0.05, 0) is 48.6 Å². The van der Waals surface area contributed by atoms with Gasteiger partial charge in [-0.1, -0.05) is 54.0 Å². The third kappa shape index (κ3) is 3.97. The van der Waals surface area contributed by atoms with Crippen LogP contribution in [0.2, 0.25) is 0 Å². The second kappa shape index (κ2) is 7.71. The van der Waals surface area contributed by atoms with Crippen molar-refractivity contribution in [1.82, 2.24) is 4.31 Å². The maximum Gasteiger partial charge on any atom is 0.247 e. The number of aryl methyl sites for hydroxylation is 1. The Kier molecular flexibility index (Phi) is 5.75. The highest BCUT2D eigenvalue weighted by atomic mass is 79.9. The number of hydrogen-bond acceptors (Lipinski definition) is 3. The van der Waals surface area contributed by atoms with Crippen molar-refractivity contribution in [2.45, 2.75) is 44.7 Å². The Morgan fingerprint density at radius 3 is 2.65 bits per heavy atom. The van der Waals surface area contributed by atoms with Gasteiger partial charge in [0.15, 0.2) is 0 Å². The number of nitrogens with zero attached hydrogens (tertiary/aromatic N) is 1. The van der Waals surface area contributed by atoms with Crippen molar-refractivity contribution < 1.29 is 13.2 Å². The van der Waals surface area contributed by atoms with Crippen LogP contribution < -0.4 is 4.74 Å². The first-order valence-corrected chi connectivity index (χ1v) is 11.0. The molecule has 0 amide bonds. The minimum atomic E-state index is -3.66. The highest BCUT2D eigenvalue weighted by Crippen LogP contribution is 2.36. The smallest absolute Gasteiger partial charge is 0.247 e. The first-order chi connectivity index (χ1) is 12.3. The number of sulfonamides is 1. The van der Waals surface area contributed by atoms with E-state index in [0.29, 0.717) is 24.8 Å². The van der Waals surface area contributed by atoms with Gasteiger partial charge in [0.2, 0.25) is 10.0 Å². The summed E-state index contributed by atoms with van der Waals surface area (Å²) in [6.45, 7) is 6.93. The molecule has 0 aromatic heterocycles. The molecule has 26 heavy (non-hydrogen) atoms. The zero-order chi connectivity index (χ0) is 18.9. The number of benzene rings is 2. The predicted octanol–water partition coefficient (Wildman–Crippen LogP) is 4.76. The molecule has 0 saturated carbocycles. The Morgan fingerprint density at radius 2 is 1.96 bits per heavy atom. The van der Waals surface area contributed by atoms with E-state index in [1.807, 2.05) is 31.2 Å². The van der Waals surface area contributed by atoms with Crippen molar-refractivity contribution in [1.29, 1.82) is 0 Å². The molecule has 4 nitrogen and oxygen atoms in total. The second-order valence-corrected chi connectivity index (χ2v) is 9.94. The van der Waals surface area contributed by atoms with E-state index in [-0.39, 0.29) is 10.9 Å². The standard InChI is InChI=1S/C20H24BrNO3S/c1-14(2)10-18-13-25-19-11-17(21)8-9-20(19)26(23,24)22(18)12-16-7-5-4-6-15(16)3/h4-9,11,14,18H,10,12-13H2,1-3H3/t18-/m0/s1. The van der Waals surface area contributed by atoms with Crippen LogP contribution in [0.1, 0.15) is 31.4 Å². The van der Waals surface area contributed by atoms with E-state index in [0.717, 1.165) is 22.0 Å². The van der Waals surface area contributed by atoms with Crippen LogP contribution in [-0.2, 0) is 16.6 Å². The summed E-state index contributed by atoms with van der Waals surface area (Å²) >= 11 is 3.40. The lowest BCUT2D eigenvalue weighted by Gasteiger charge is -2.29. The molecule has 0 saturated heterocycles. The van der Waals surface area contributed by atoms with Gasteiger partial charge >= 0.3 is 0 Å². The van der Waals surface area contributed by atoms with Gasteiger partial charge in [0.05, 0.1) is 6.04 Å². The number of ether oxygens (including phenoxy) is 1. The van der Waals surface area contributed by atoms with Crippen LogP contribution in [0, 0.1) is 12.8 Å². The summed E-state index contributed by atoms with van der Waals surface area (Å²) in [7, 11) is -3.66. The molecule has 140 valence electrons. The summed E-state index contributed by atoms with van der Waals surface area (Å²) in [5.74, 6) is 0.784. The van der Waals surface area contributed by atoms with E-state index in [2.05, 4.69) is 29.8 Å². The lowest BCUT2D eigenvalue weighted by molar-refractivity contribution is 0.186. The van der Waals surface area contributed by atoms with Gasteiger partial charge in [0, 0.05) is 11.0 Å². The van der Waals surface area contributed by atoms with Crippen molar-refractivity contribution >= 4 is 26.0 Å². The summed E-state index contributed by atoms with van der Waals surface area (Å²) in [5.41, 5.74) is 2.11. The topological polar surface area (TPSA) is 46.6 Å². The average molecular weight is 438 g/mol. The van der Waals surface area contributed by atoms with Crippen molar-refractivity contribution in [3.05, 3.63) is 58.1 Å². The fourth-order valence-corrected chi connectivity index (χ4v) is 5.35. The molecule has 0 bridgehead atoms. The largest absolute Gasteiger partial charge is 0.490 e. The lowest BCUT2D eigenvalue weighted by atomic mass is 10.0. The normalized spacial score (nSPS) is 19.7. The van der Waals surface area contributed by atoms with Crippen LogP contribution in [0.25, 0.3) is 0 Å². The van der Waals surface area contributed by atoms with E-state index in [1.54, 1.807) is 22.5 Å². The molecule has 0 fully saturated rings. The van der Waals surface area contributed by atoms with Gasteiger partial charge in [-0.15, -0.1) is 0 Å². The zero-order valence-corrected chi connectivity index (χ0v) is 17.7. The fourth-order valence-electron chi connectivity index (χ4n) is 3.30. The Labute approximate surface area is 164 Å². The van der Waals surface area contributed by atoms with Gasteiger partial charge in [-0.25, -0.2) is 8.42 Å². The highest BCUT2D eigenvalue weighted by molar-refractivity contribution is 9.10. The third-order valence-electron chi connectivity index (χ3n) is 4.66. The van der Waals surface area contributed by atoms with Crippen LogP contribution in [0.5, 0.6) is 5.75 Å². The number of halogens is 1. The molecule has 0 aliphatic carbocycles. The fraction of sp³-hybridized carbons (Fsp3) is 0.400. The van der Waals surface area contributed by atoms with E-state index < -0.39 is 10.0 Å². The monoisotopic (exact) mass is 437 g/mol. The summed E-state index contributed by atoms with van der Waals surface area (Å²) < 4.78 is 35.3.